The predicted octanol–water partition coefficient (Wildman–Crippen LogP) is 5.02. The molecule has 0 fully saturated rings. The summed E-state index contributed by atoms with van der Waals surface area (Å²) in [4.78, 5) is 0. The molecule has 0 heterocycles. The molecule has 130 valence electrons. The van der Waals surface area contributed by atoms with E-state index in [0.717, 1.165) is 0 Å². The van der Waals surface area contributed by atoms with E-state index in [1.165, 1.54) is 14.2 Å². The third kappa shape index (κ3) is 3.85. The van der Waals surface area contributed by atoms with Crippen LogP contribution in [0.15, 0.2) is 24.3 Å². The highest BCUT2D eigenvalue weighted by atomic mass is 35.5. The molecule has 4 nitrogen and oxygen atoms in total. The first-order valence-electron chi connectivity index (χ1n) is 6.87. The molecule has 2 atom stereocenters. The van der Waals surface area contributed by atoms with Gasteiger partial charge >= 0.3 is 0 Å². The zero-order valence-electron chi connectivity index (χ0n) is 12.9. The Kier molecular flexibility index (Phi) is 6.48. The lowest BCUT2D eigenvalue weighted by Crippen LogP contribution is -2.27. The first-order valence-corrected chi connectivity index (χ1v) is 8.38. The molecule has 4 N–H and O–H groups in total. The predicted molar refractivity (Wildman–Crippen MR) is 99.9 cm³/mol. The van der Waals surface area contributed by atoms with Gasteiger partial charge in [-0.1, -0.05) is 46.4 Å². The van der Waals surface area contributed by atoms with E-state index in [1.54, 1.807) is 24.3 Å². The highest BCUT2D eigenvalue weighted by Gasteiger charge is 2.26. The van der Waals surface area contributed by atoms with Crippen molar-refractivity contribution in [2.45, 2.75) is 12.1 Å². The van der Waals surface area contributed by atoms with Gasteiger partial charge in [0.15, 0.2) is 0 Å². The summed E-state index contributed by atoms with van der Waals surface area (Å²) < 4.78 is 10.2. The van der Waals surface area contributed by atoms with E-state index in [2.05, 4.69) is 0 Å². The van der Waals surface area contributed by atoms with E-state index in [4.69, 9.17) is 67.3 Å². The van der Waals surface area contributed by atoms with Crippen LogP contribution in [0.3, 0.4) is 0 Å². The average molecular weight is 410 g/mol. The summed E-state index contributed by atoms with van der Waals surface area (Å²) in [6, 6.07) is 5.02. The van der Waals surface area contributed by atoms with Crippen molar-refractivity contribution in [2.75, 3.05) is 14.2 Å². The van der Waals surface area contributed by atoms with E-state index < -0.39 is 12.1 Å². The lowest BCUT2D eigenvalue weighted by atomic mass is 9.94. The summed E-state index contributed by atoms with van der Waals surface area (Å²) in [6.07, 6.45) is 0. The molecule has 0 aliphatic carbocycles. The number of hydrogen-bond donors (Lipinski definition) is 2. The smallest absolute Gasteiger partial charge is 0.121 e. The quantitative estimate of drug-likeness (QED) is 0.727. The number of methoxy groups -OCH3 is 2. The minimum absolute atomic E-state index is 0.350. The number of nitrogens with two attached hydrogens (primary N) is 2. The topological polar surface area (TPSA) is 70.5 Å². The van der Waals surface area contributed by atoms with Gasteiger partial charge in [0.05, 0.1) is 46.4 Å². The Labute approximate surface area is 160 Å². The van der Waals surface area contributed by atoms with Gasteiger partial charge in [0.2, 0.25) is 0 Å². The van der Waals surface area contributed by atoms with E-state index in [-0.39, 0.29) is 0 Å². The van der Waals surface area contributed by atoms with Crippen molar-refractivity contribution in [3.8, 4) is 11.5 Å². The molecule has 0 amide bonds. The average Bonchev–Trinajstić information content (AvgIpc) is 2.52. The highest BCUT2D eigenvalue weighted by molar-refractivity contribution is 6.37. The van der Waals surface area contributed by atoms with E-state index in [1.807, 2.05) is 0 Å². The molecule has 0 aromatic heterocycles. The number of rotatable bonds is 5. The van der Waals surface area contributed by atoms with Crippen LogP contribution in [0.2, 0.25) is 20.1 Å². The van der Waals surface area contributed by atoms with Crippen LogP contribution >= 0.6 is 46.4 Å². The van der Waals surface area contributed by atoms with Crippen LogP contribution in [0, 0.1) is 0 Å². The highest BCUT2D eigenvalue weighted by Crippen LogP contribution is 2.42. The van der Waals surface area contributed by atoms with Crippen molar-refractivity contribution in [2.24, 2.45) is 11.5 Å². The van der Waals surface area contributed by atoms with Gasteiger partial charge in [-0.3, -0.25) is 0 Å². The Morgan fingerprint density at radius 2 is 0.917 bits per heavy atom. The van der Waals surface area contributed by atoms with Crippen LogP contribution in [0.25, 0.3) is 0 Å². The molecule has 0 saturated heterocycles. The van der Waals surface area contributed by atoms with Crippen LogP contribution in [0.4, 0.5) is 0 Å². The van der Waals surface area contributed by atoms with Crippen molar-refractivity contribution in [3.05, 3.63) is 55.5 Å². The molecular weight excluding hydrogens is 394 g/mol. The molecule has 8 heteroatoms. The van der Waals surface area contributed by atoms with Crippen LogP contribution in [-0.4, -0.2) is 14.2 Å². The van der Waals surface area contributed by atoms with Crippen molar-refractivity contribution in [3.63, 3.8) is 0 Å². The van der Waals surface area contributed by atoms with Gasteiger partial charge in [-0.15, -0.1) is 0 Å². The summed E-state index contributed by atoms with van der Waals surface area (Å²) in [6.45, 7) is 0. The maximum Gasteiger partial charge on any atom is 0.121 e. The molecule has 0 aliphatic rings. The van der Waals surface area contributed by atoms with Crippen molar-refractivity contribution in [1.82, 2.24) is 0 Å². The molecule has 0 radical (unpaired) electrons. The van der Waals surface area contributed by atoms with Gasteiger partial charge in [0, 0.05) is 11.1 Å². The Bertz CT molecular complexity index is 645. The van der Waals surface area contributed by atoms with Crippen LogP contribution < -0.4 is 20.9 Å². The Morgan fingerprint density at radius 3 is 1.12 bits per heavy atom. The summed E-state index contributed by atoms with van der Waals surface area (Å²) >= 11 is 25.1. The van der Waals surface area contributed by atoms with Crippen LogP contribution in [-0.2, 0) is 0 Å². The van der Waals surface area contributed by atoms with Crippen LogP contribution in [0.1, 0.15) is 23.2 Å². The summed E-state index contributed by atoms with van der Waals surface area (Å²) in [7, 11) is 3.04. The summed E-state index contributed by atoms with van der Waals surface area (Å²) in [5, 5.41) is 1.40. The molecule has 0 bridgehead atoms. The molecule has 0 spiro atoms. The number of hydrogen-bond acceptors (Lipinski definition) is 4. The first-order chi connectivity index (χ1) is 11.3. The van der Waals surface area contributed by atoms with Gasteiger partial charge in [-0.05, 0) is 24.3 Å². The maximum absolute atomic E-state index is 6.29. The largest absolute Gasteiger partial charge is 0.497 e. The molecule has 2 aromatic carbocycles. The zero-order chi connectivity index (χ0) is 18.0. The van der Waals surface area contributed by atoms with Crippen molar-refractivity contribution in [1.29, 1.82) is 0 Å². The molecule has 0 aliphatic heterocycles. The molecule has 0 unspecified atom stereocenters. The van der Waals surface area contributed by atoms with E-state index in [0.29, 0.717) is 42.7 Å². The second-order valence-electron chi connectivity index (χ2n) is 5.06. The Hall–Kier alpha value is -0.880. The minimum atomic E-state index is -0.723. The molecular formula is C16H16Cl4N2O2. The number of benzene rings is 2. The second kappa shape index (κ2) is 8.00. The molecule has 0 saturated carbocycles. The lowest BCUT2D eigenvalue weighted by molar-refractivity contribution is 0.414. The zero-order valence-corrected chi connectivity index (χ0v) is 16.0. The molecule has 24 heavy (non-hydrogen) atoms. The minimum Gasteiger partial charge on any atom is -0.497 e. The Balaban J connectivity index is 2.46. The Morgan fingerprint density at radius 1 is 0.667 bits per heavy atom. The molecule has 2 aromatic rings. The summed E-state index contributed by atoms with van der Waals surface area (Å²) in [5.41, 5.74) is 13.6. The van der Waals surface area contributed by atoms with E-state index >= 15 is 0 Å². The fourth-order valence-electron chi connectivity index (χ4n) is 2.35. The van der Waals surface area contributed by atoms with Crippen molar-refractivity contribution < 1.29 is 9.47 Å². The van der Waals surface area contributed by atoms with Crippen molar-refractivity contribution >= 4 is 46.4 Å². The fraction of sp³-hybridized carbons (Fsp3) is 0.250. The number of halogens is 4. The maximum atomic E-state index is 6.29. The van der Waals surface area contributed by atoms with Gasteiger partial charge in [-0.2, -0.15) is 0 Å². The normalized spacial score (nSPS) is 13.5. The van der Waals surface area contributed by atoms with Gasteiger partial charge in [0.25, 0.3) is 0 Å². The second-order valence-corrected chi connectivity index (χ2v) is 6.69. The number of ether oxygens (including phenoxy) is 2. The SMILES string of the molecule is COc1cc(Cl)c([C@@H](N)[C@@H](N)c2c(Cl)cc(OC)cc2Cl)c(Cl)c1. The first kappa shape index (κ1) is 19.4. The van der Waals surface area contributed by atoms with E-state index in [9.17, 15) is 0 Å². The third-order valence-electron chi connectivity index (χ3n) is 3.63. The standard InChI is InChI=1S/C16H16Cl4N2O2/c1-23-7-3-9(17)13(10(18)4-7)15(21)16(22)14-11(19)5-8(24-2)6-12(14)20/h3-6,15-16H,21-22H2,1-2H3/t15-,16+. The van der Waals surface area contributed by atoms with Gasteiger partial charge in [0.1, 0.15) is 11.5 Å². The molecule has 2 rings (SSSR count). The van der Waals surface area contributed by atoms with Gasteiger partial charge < -0.3 is 20.9 Å². The monoisotopic (exact) mass is 408 g/mol. The summed E-state index contributed by atoms with van der Waals surface area (Å²) in [5.74, 6) is 1.05. The fourth-order valence-corrected chi connectivity index (χ4v) is 3.79. The van der Waals surface area contributed by atoms with Gasteiger partial charge in [-0.25, -0.2) is 0 Å². The third-order valence-corrected chi connectivity index (χ3v) is 4.88. The van der Waals surface area contributed by atoms with Crippen LogP contribution in [0.5, 0.6) is 11.5 Å². The lowest BCUT2D eigenvalue weighted by Gasteiger charge is -2.25.